The molecule has 0 radical (unpaired) electrons. The molecule has 1 unspecified atom stereocenters. The van der Waals surface area contributed by atoms with E-state index < -0.39 is 17.9 Å². The van der Waals surface area contributed by atoms with E-state index >= 15 is 0 Å². The molecule has 0 fully saturated rings. The first-order valence-corrected chi connectivity index (χ1v) is 9.88. The highest BCUT2D eigenvalue weighted by Crippen LogP contribution is 2.23. The number of aromatic nitrogens is 4. The van der Waals surface area contributed by atoms with Gasteiger partial charge >= 0.3 is 5.97 Å². The van der Waals surface area contributed by atoms with Crippen LogP contribution in [-0.2, 0) is 16.1 Å². The summed E-state index contributed by atoms with van der Waals surface area (Å²) in [5.41, 5.74) is 14.3. The number of nitrogen functional groups attached to an aromatic ring is 1. The summed E-state index contributed by atoms with van der Waals surface area (Å²) in [7, 11) is 0. The number of nitrogens with two attached hydrogens (primary N) is 2. The van der Waals surface area contributed by atoms with Gasteiger partial charge in [-0.25, -0.2) is 14.8 Å². The van der Waals surface area contributed by atoms with E-state index in [4.69, 9.17) is 16.9 Å². The molecule has 0 aliphatic rings. The number of benzene rings is 1. The third-order valence-electron chi connectivity index (χ3n) is 5.01. The predicted molar refractivity (Wildman–Crippen MR) is 116 cm³/mol. The number of H-pyrrole nitrogens is 1. The van der Waals surface area contributed by atoms with Crippen molar-refractivity contribution in [2.24, 2.45) is 11.5 Å². The highest BCUT2D eigenvalue weighted by atomic mass is 16.4. The van der Waals surface area contributed by atoms with Crippen molar-refractivity contribution in [2.75, 3.05) is 6.54 Å². The second kappa shape index (κ2) is 9.39. The van der Waals surface area contributed by atoms with Gasteiger partial charge in [0.2, 0.25) is 5.91 Å². The number of carboxylic acids is 1. The first-order valence-electron chi connectivity index (χ1n) is 9.88. The van der Waals surface area contributed by atoms with Crippen LogP contribution in [-0.4, -0.2) is 54.9 Å². The molecule has 11 nitrogen and oxygen atoms in total. The molecule has 1 aromatic carbocycles. The number of carbonyl (C=O) groups excluding carboxylic acids is 1. The number of hydrogen-bond acceptors (Lipinski definition) is 6. The van der Waals surface area contributed by atoms with Gasteiger partial charge in [0.1, 0.15) is 24.1 Å². The molecule has 0 saturated heterocycles. The molecule has 2 aromatic heterocycles. The third kappa shape index (κ3) is 5.07. The first-order chi connectivity index (χ1) is 14.8. The number of amidine groups is 1. The second-order valence-electron chi connectivity index (χ2n) is 7.28. The van der Waals surface area contributed by atoms with E-state index in [1.54, 1.807) is 29.7 Å². The van der Waals surface area contributed by atoms with E-state index in [1.807, 2.05) is 0 Å². The average molecular weight is 426 g/mol. The minimum atomic E-state index is -1.07. The van der Waals surface area contributed by atoms with Crippen LogP contribution in [0, 0.1) is 12.3 Å². The highest BCUT2D eigenvalue weighted by molar-refractivity contribution is 5.98. The standard InChI is InChI=1S/C20H26N8O3/c1-11-17(19-26-13-6-5-12(18(22)23)8-15(13)27-19)24-10-28(11)9-16(29)25-14(20(30)31)4-2-3-7-21/h5-6,8,10,14H,2-4,7,9,21H2,1H3,(H3,22,23)(H,25,29)(H,26,27)(H,30,31). The molecule has 0 aliphatic heterocycles. The van der Waals surface area contributed by atoms with Gasteiger partial charge in [0, 0.05) is 11.3 Å². The summed E-state index contributed by atoms with van der Waals surface area (Å²) in [6, 6.07) is 4.28. The Morgan fingerprint density at radius 3 is 2.81 bits per heavy atom. The van der Waals surface area contributed by atoms with Gasteiger partial charge in [0.15, 0.2) is 5.82 Å². The van der Waals surface area contributed by atoms with Gasteiger partial charge in [0.05, 0.1) is 17.4 Å². The Kier molecular flexibility index (Phi) is 6.65. The summed E-state index contributed by atoms with van der Waals surface area (Å²) in [5, 5.41) is 19.4. The van der Waals surface area contributed by atoms with E-state index in [2.05, 4.69) is 20.3 Å². The zero-order chi connectivity index (χ0) is 22.5. The van der Waals surface area contributed by atoms with Crippen molar-refractivity contribution in [2.45, 2.75) is 38.8 Å². The first kappa shape index (κ1) is 22.0. The van der Waals surface area contributed by atoms with Gasteiger partial charge in [-0.2, -0.15) is 0 Å². The summed E-state index contributed by atoms with van der Waals surface area (Å²) in [4.78, 5) is 35.8. The fourth-order valence-electron chi connectivity index (χ4n) is 3.27. The molecule has 31 heavy (non-hydrogen) atoms. The van der Waals surface area contributed by atoms with Crippen molar-refractivity contribution in [1.29, 1.82) is 5.41 Å². The number of nitrogens with zero attached hydrogens (tertiary/aromatic N) is 3. The quantitative estimate of drug-likeness (QED) is 0.156. The molecule has 8 N–H and O–H groups in total. The van der Waals surface area contributed by atoms with E-state index in [9.17, 15) is 14.7 Å². The number of aliphatic carboxylic acids is 1. The number of hydrogen-bond donors (Lipinski definition) is 6. The number of imidazole rings is 2. The van der Waals surface area contributed by atoms with Crippen molar-refractivity contribution in [3.05, 3.63) is 35.8 Å². The molecule has 0 aliphatic carbocycles. The van der Waals surface area contributed by atoms with Gasteiger partial charge in [-0.3, -0.25) is 10.2 Å². The van der Waals surface area contributed by atoms with Gasteiger partial charge in [-0.05, 0) is 50.9 Å². The lowest BCUT2D eigenvalue weighted by atomic mass is 10.1. The van der Waals surface area contributed by atoms with Crippen molar-refractivity contribution in [3.8, 4) is 11.5 Å². The van der Waals surface area contributed by atoms with E-state index in [-0.39, 0.29) is 12.4 Å². The number of rotatable bonds is 10. The van der Waals surface area contributed by atoms with Crippen LogP contribution in [0.3, 0.4) is 0 Å². The van der Waals surface area contributed by atoms with Crippen molar-refractivity contribution in [3.63, 3.8) is 0 Å². The van der Waals surface area contributed by atoms with Crippen LogP contribution in [0.15, 0.2) is 24.5 Å². The molecule has 3 rings (SSSR count). The van der Waals surface area contributed by atoms with E-state index in [0.29, 0.717) is 54.1 Å². The molecule has 11 heteroatoms. The van der Waals surface area contributed by atoms with Crippen LogP contribution < -0.4 is 16.8 Å². The fourth-order valence-corrected chi connectivity index (χ4v) is 3.27. The molecule has 1 amide bonds. The third-order valence-corrected chi connectivity index (χ3v) is 5.01. The van der Waals surface area contributed by atoms with Crippen LogP contribution in [0.2, 0.25) is 0 Å². The van der Waals surface area contributed by atoms with Crippen LogP contribution in [0.5, 0.6) is 0 Å². The number of unbranched alkanes of at least 4 members (excludes halogenated alkanes) is 1. The Morgan fingerprint density at radius 2 is 2.13 bits per heavy atom. The smallest absolute Gasteiger partial charge is 0.326 e. The van der Waals surface area contributed by atoms with Crippen LogP contribution >= 0.6 is 0 Å². The van der Waals surface area contributed by atoms with Gasteiger partial charge in [-0.1, -0.05) is 0 Å². The fraction of sp³-hybridized carbons (Fsp3) is 0.350. The normalized spacial score (nSPS) is 12.1. The average Bonchev–Trinajstić information content (AvgIpc) is 3.30. The Hall–Kier alpha value is -3.73. The number of carboxylic acid groups (broad SMARTS) is 1. The number of fused-ring (bicyclic) bond motifs is 1. The van der Waals surface area contributed by atoms with Gasteiger partial charge < -0.3 is 31.4 Å². The Morgan fingerprint density at radius 1 is 1.35 bits per heavy atom. The molecule has 0 bridgehead atoms. The van der Waals surface area contributed by atoms with Crippen molar-refractivity contribution < 1.29 is 14.7 Å². The predicted octanol–water partition coefficient (Wildman–Crippen LogP) is 0.717. The summed E-state index contributed by atoms with van der Waals surface area (Å²) < 4.78 is 1.64. The van der Waals surface area contributed by atoms with Crippen molar-refractivity contribution in [1.82, 2.24) is 24.8 Å². The number of amides is 1. The SMILES string of the molecule is Cc1c(-c2nc3ccc(C(=N)N)cc3[nH]2)ncn1CC(=O)NC(CCCCN)C(=O)O. The lowest BCUT2D eigenvalue weighted by Gasteiger charge is -2.15. The molecule has 0 saturated carbocycles. The maximum absolute atomic E-state index is 12.4. The molecule has 164 valence electrons. The van der Waals surface area contributed by atoms with Gasteiger partial charge in [-0.15, -0.1) is 0 Å². The van der Waals surface area contributed by atoms with Gasteiger partial charge in [0.25, 0.3) is 0 Å². The largest absolute Gasteiger partial charge is 0.480 e. The number of carbonyl (C=O) groups is 2. The molecule has 3 aromatic rings. The van der Waals surface area contributed by atoms with Crippen LogP contribution in [0.4, 0.5) is 0 Å². The summed E-state index contributed by atoms with van der Waals surface area (Å²) in [5.74, 6) is -0.992. The highest BCUT2D eigenvalue weighted by Gasteiger charge is 2.21. The van der Waals surface area contributed by atoms with Crippen LogP contribution in [0.1, 0.15) is 30.5 Å². The Bertz CT molecular complexity index is 1120. The lowest BCUT2D eigenvalue weighted by Crippen LogP contribution is -2.42. The lowest BCUT2D eigenvalue weighted by molar-refractivity contribution is -0.142. The minimum Gasteiger partial charge on any atom is -0.480 e. The zero-order valence-corrected chi connectivity index (χ0v) is 17.2. The summed E-state index contributed by atoms with van der Waals surface area (Å²) in [6.45, 7) is 2.23. The minimum absolute atomic E-state index is 0.0350. The molecule has 1 atom stereocenters. The maximum atomic E-state index is 12.4. The van der Waals surface area contributed by atoms with E-state index in [0.717, 1.165) is 5.52 Å². The summed E-state index contributed by atoms with van der Waals surface area (Å²) in [6.07, 6.45) is 3.17. The second-order valence-corrected chi connectivity index (χ2v) is 7.28. The molecular formula is C20H26N8O3. The maximum Gasteiger partial charge on any atom is 0.326 e. The number of aromatic amines is 1. The molecule has 2 heterocycles. The van der Waals surface area contributed by atoms with E-state index in [1.165, 1.54) is 6.33 Å². The van der Waals surface area contributed by atoms with Crippen molar-refractivity contribution >= 4 is 28.7 Å². The molecule has 0 spiro atoms. The number of nitrogens with one attached hydrogen (secondary N) is 3. The topological polar surface area (TPSA) is 189 Å². The molecular weight excluding hydrogens is 400 g/mol. The zero-order valence-electron chi connectivity index (χ0n) is 17.2. The van der Waals surface area contributed by atoms with Crippen LogP contribution in [0.25, 0.3) is 22.6 Å². The summed E-state index contributed by atoms with van der Waals surface area (Å²) >= 11 is 0. The Balaban J connectivity index is 1.74. The monoisotopic (exact) mass is 426 g/mol. The Labute approximate surface area is 178 Å².